The van der Waals surface area contributed by atoms with E-state index < -0.39 is 53.1 Å². The van der Waals surface area contributed by atoms with Crippen LogP contribution in [0.2, 0.25) is 10.0 Å². The van der Waals surface area contributed by atoms with Crippen molar-refractivity contribution in [3.63, 3.8) is 0 Å². The van der Waals surface area contributed by atoms with E-state index in [1.165, 1.54) is 12.1 Å². The number of aliphatic hydroxyl groups is 1. The normalized spacial score (nSPS) is 17.7. The number of rotatable bonds is 11. The maximum Gasteiger partial charge on any atom is 0.416 e. The van der Waals surface area contributed by atoms with E-state index >= 15 is 0 Å². The third-order valence-electron chi connectivity index (χ3n) is 7.69. The number of carbonyl (C=O) groups excluding carboxylic acids is 1. The Labute approximate surface area is 287 Å². The minimum atomic E-state index is -5.07. The summed E-state index contributed by atoms with van der Waals surface area (Å²) in [6.07, 6.45) is -11.0. The van der Waals surface area contributed by atoms with Crippen molar-refractivity contribution in [2.24, 2.45) is 4.99 Å². The first-order chi connectivity index (χ1) is 23.2. The van der Waals surface area contributed by atoms with Crippen molar-refractivity contribution in [3.8, 4) is 5.75 Å². The molecule has 0 saturated heterocycles. The second kappa shape index (κ2) is 14.7. The summed E-state index contributed by atoms with van der Waals surface area (Å²) in [6.45, 7) is -0.449. The van der Waals surface area contributed by atoms with E-state index in [0.717, 1.165) is 0 Å². The van der Waals surface area contributed by atoms with Crippen LogP contribution in [0.1, 0.15) is 45.9 Å². The molecule has 4 aromatic carbocycles. The number of hydrogen-bond acceptors (Lipinski definition) is 5. The average Bonchev–Trinajstić information content (AvgIpc) is 3.43. The van der Waals surface area contributed by atoms with Gasteiger partial charge in [0.05, 0.1) is 17.7 Å². The van der Waals surface area contributed by atoms with Crippen molar-refractivity contribution >= 4 is 35.0 Å². The van der Waals surface area contributed by atoms with Gasteiger partial charge >= 0.3 is 12.4 Å². The minimum Gasteiger partial charge on any atom is -0.494 e. The van der Waals surface area contributed by atoms with E-state index in [1.54, 1.807) is 60.7 Å². The lowest BCUT2D eigenvalue weighted by molar-refractivity contribution is -0.143. The van der Waals surface area contributed by atoms with Gasteiger partial charge in [0, 0.05) is 47.2 Å². The van der Waals surface area contributed by atoms with Crippen LogP contribution < -0.4 is 10.1 Å². The maximum absolute atomic E-state index is 14.4. The maximum atomic E-state index is 14.4. The summed E-state index contributed by atoms with van der Waals surface area (Å²) in [7, 11) is 0. The number of hydrogen-bond donors (Lipinski definition) is 2. The van der Waals surface area contributed by atoms with Crippen LogP contribution >= 0.6 is 23.2 Å². The number of benzene rings is 4. The molecule has 0 aromatic heterocycles. The number of nitrogens with one attached hydrogen (secondary N) is 1. The molecule has 0 fully saturated rings. The first-order valence-electron chi connectivity index (χ1n) is 14.9. The monoisotopic (exact) mass is 724 g/mol. The molecule has 2 N–H and O–H groups in total. The Balaban J connectivity index is 1.58. The Morgan fingerprint density at radius 3 is 2.12 bits per heavy atom. The Hall–Kier alpha value is -4.26. The van der Waals surface area contributed by atoms with Gasteiger partial charge in [0.1, 0.15) is 5.75 Å². The van der Waals surface area contributed by atoms with Gasteiger partial charge in [-0.3, -0.25) is 4.79 Å². The van der Waals surface area contributed by atoms with Gasteiger partial charge in [-0.15, -0.1) is 0 Å². The van der Waals surface area contributed by atoms with Crippen LogP contribution in [-0.2, 0) is 34.8 Å². The molecule has 5 rings (SSSR count). The largest absolute Gasteiger partial charge is 0.494 e. The van der Waals surface area contributed by atoms with E-state index in [2.05, 4.69) is 5.32 Å². The fourth-order valence-electron chi connectivity index (χ4n) is 5.34. The lowest BCUT2D eigenvalue weighted by atomic mass is 9.82. The highest BCUT2D eigenvalue weighted by Crippen LogP contribution is 2.45. The minimum absolute atomic E-state index is 0.0190. The Kier molecular flexibility index (Phi) is 10.8. The van der Waals surface area contributed by atoms with Gasteiger partial charge in [0.25, 0.3) is 5.91 Å². The van der Waals surface area contributed by atoms with Crippen LogP contribution in [-0.4, -0.2) is 35.7 Å². The van der Waals surface area contributed by atoms with Gasteiger partial charge in [0.2, 0.25) is 5.90 Å². The highest BCUT2D eigenvalue weighted by Gasteiger charge is 2.54. The molecule has 0 radical (unpaired) electrons. The molecule has 49 heavy (non-hydrogen) atoms. The first-order valence-corrected chi connectivity index (χ1v) is 15.6. The molecular formula is C35H28Cl2F6N2O4. The summed E-state index contributed by atoms with van der Waals surface area (Å²) in [4.78, 5) is 19.2. The molecule has 258 valence electrons. The molecule has 14 heteroatoms. The number of carbonyl (C=O) groups is 1. The Morgan fingerprint density at radius 1 is 0.878 bits per heavy atom. The Morgan fingerprint density at radius 2 is 1.53 bits per heavy atom. The van der Waals surface area contributed by atoms with Gasteiger partial charge in [-0.1, -0.05) is 59.6 Å². The molecule has 1 aliphatic heterocycles. The molecule has 4 aromatic rings. The number of aliphatic hydroxyl groups excluding tert-OH is 1. The van der Waals surface area contributed by atoms with E-state index in [-0.39, 0.29) is 36.6 Å². The molecular weight excluding hydrogens is 697 g/mol. The molecule has 6 nitrogen and oxygen atoms in total. The van der Waals surface area contributed by atoms with Gasteiger partial charge < -0.3 is 19.9 Å². The highest BCUT2D eigenvalue weighted by atomic mass is 35.5. The molecule has 0 spiro atoms. The molecule has 1 heterocycles. The van der Waals surface area contributed by atoms with Crippen LogP contribution in [0.3, 0.4) is 0 Å². The lowest BCUT2D eigenvalue weighted by Crippen LogP contribution is -2.49. The van der Waals surface area contributed by atoms with E-state index in [0.29, 0.717) is 46.0 Å². The quantitative estimate of drug-likeness (QED) is 0.120. The summed E-state index contributed by atoms with van der Waals surface area (Å²) in [5.41, 5.74) is -3.90. The van der Waals surface area contributed by atoms with Gasteiger partial charge in [0.15, 0.2) is 11.6 Å². The zero-order chi connectivity index (χ0) is 35.4. The third-order valence-corrected chi connectivity index (χ3v) is 8.25. The summed E-state index contributed by atoms with van der Waals surface area (Å²) in [5.74, 6) is -0.305. The summed E-state index contributed by atoms with van der Waals surface area (Å²) < 4.78 is 93.4. The zero-order valence-electron chi connectivity index (χ0n) is 25.4. The predicted molar refractivity (Wildman–Crippen MR) is 172 cm³/mol. The van der Waals surface area contributed by atoms with Crippen molar-refractivity contribution in [3.05, 3.63) is 134 Å². The van der Waals surface area contributed by atoms with Crippen molar-refractivity contribution in [1.29, 1.82) is 0 Å². The molecule has 0 aliphatic carbocycles. The van der Waals surface area contributed by atoms with E-state index in [1.807, 2.05) is 0 Å². The van der Waals surface area contributed by atoms with Crippen LogP contribution in [0.25, 0.3) is 0 Å². The van der Waals surface area contributed by atoms with Gasteiger partial charge in [-0.05, 0) is 65.7 Å². The predicted octanol–water partition coefficient (Wildman–Crippen LogP) is 8.61. The number of aliphatic imine (C=N–C) groups is 1. The van der Waals surface area contributed by atoms with Gasteiger partial charge in [-0.2, -0.15) is 26.3 Å². The van der Waals surface area contributed by atoms with E-state index in [4.69, 9.17) is 42.8 Å². The van der Waals surface area contributed by atoms with Crippen molar-refractivity contribution < 1.29 is 45.7 Å². The number of alkyl halides is 6. The van der Waals surface area contributed by atoms with Crippen molar-refractivity contribution in [2.75, 3.05) is 13.2 Å². The van der Waals surface area contributed by atoms with Crippen molar-refractivity contribution in [2.45, 2.75) is 43.4 Å². The summed E-state index contributed by atoms with van der Waals surface area (Å²) in [6, 6.07) is 21.0. The van der Waals surface area contributed by atoms with Crippen LogP contribution in [0.5, 0.6) is 5.75 Å². The lowest BCUT2D eigenvalue weighted by Gasteiger charge is -2.31. The number of amides is 1. The average molecular weight is 726 g/mol. The number of ether oxygens (including phenoxy) is 2. The molecule has 2 atom stereocenters. The SMILES string of the molecule is O=C(NCc1cc(C(F)(F)F)cc(C(F)(F)F)c1)[C@]1(Cc2ccccc2)N=C(c2ccc(OCCCO)cc2)O[C@@H]1c1ccc(Cl)cc1Cl. The fourth-order valence-corrected chi connectivity index (χ4v) is 5.84. The second-order valence-corrected chi connectivity index (χ2v) is 12.1. The smallest absolute Gasteiger partial charge is 0.416 e. The van der Waals surface area contributed by atoms with Crippen LogP contribution in [0, 0.1) is 0 Å². The second-order valence-electron chi connectivity index (χ2n) is 11.2. The van der Waals surface area contributed by atoms with Crippen LogP contribution in [0.15, 0.2) is 96.0 Å². The molecule has 1 aliphatic rings. The zero-order valence-corrected chi connectivity index (χ0v) is 26.9. The number of halogens is 8. The first kappa shape index (κ1) is 36.0. The number of nitrogens with zero attached hydrogens (tertiary/aromatic N) is 1. The summed E-state index contributed by atoms with van der Waals surface area (Å²) in [5, 5.41) is 12.0. The third kappa shape index (κ3) is 8.49. The summed E-state index contributed by atoms with van der Waals surface area (Å²) >= 11 is 12.8. The van der Waals surface area contributed by atoms with Crippen LogP contribution in [0.4, 0.5) is 26.3 Å². The van der Waals surface area contributed by atoms with Gasteiger partial charge in [-0.25, -0.2) is 4.99 Å². The van der Waals surface area contributed by atoms with Crippen molar-refractivity contribution in [1.82, 2.24) is 5.32 Å². The fraction of sp³-hybridized carbons (Fsp3) is 0.257. The van der Waals surface area contributed by atoms with E-state index in [9.17, 15) is 31.1 Å². The standard InChI is InChI=1S/C35H28Cl2F6N2O4/c36-26-9-12-28(29(37)18-26)30-33(19-21-5-2-1-3-6-21,45-31(49-30)23-7-10-27(11-8-23)48-14-4-13-46)32(47)44-20-22-15-24(34(38,39)40)17-25(16-22)35(41,42)43/h1-3,5-12,15-18,30,46H,4,13-14,19-20H2,(H,44,47)/t30-,33-/m1/s1. The molecule has 0 saturated carbocycles. The highest BCUT2D eigenvalue weighted by molar-refractivity contribution is 6.35. The topological polar surface area (TPSA) is 80.2 Å². The molecule has 0 bridgehead atoms. The molecule has 0 unspecified atom stereocenters. The Bertz CT molecular complexity index is 1790. The molecule has 1 amide bonds.